The maximum absolute atomic E-state index is 12.0. The molecule has 1 aromatic rings. The molecule has 106 valence electrons. The van der Waals surface area contributed by atoms with Crippen LogP contribution in [0.15, 0.2) is 24.3 Å². The SMILES string of the molecule is O=C(O)C[C@@H](NC(=O)C1Cc2ccccc2C1)C(=O)O. The van der Waals surface area contributed by atoms with Crippen molar-refractivity contribution in [2.24, 2.45) is 5.92 Å². The van der Waals surface area contributed by atoms with Gasteiger partial charge in [-0.15, -0.1) is 0 Å². The topological polar surface area (TPSA) is 104 Å². The summed E-state index contributed by atoms with van der Waals surface area (Å²) in [6, 6.07) is 6.28. The van der Waals surface area contributed by atoms with E-state index < -0.39 is 30.3 Å². The minimum Gasteiger partial charge on any atom is -0.481 e. The van der Waals surface area contributed by atoms with Crippen molar-refractivity contribution >= 4 is 17.8 Å². The van der Waals surface area contributed by atoms with Gasteiger partial charge in [0.25, 0.3) is 0 Å². The molecule has 0 bridgehead atoms. The third kappa shape index (κ3) is 3.14. The monoisotopic (exact) mass is 277 g/mol. The second-order valence-corrected chi connectivity index (χ2v) is 4.87. The fourth-order valence-corrected chi connectivity index (χ4v) is 2.41. The van der Waals surface area contributed by atoms with Crippen molar-refractivity contribution in [2.45, 2.75) is 25.3 Å². The summed E-state index contributed by atoms with van der Waals surface area (Å²) in [5.74, 6) is -3.33. The second kappa shape index (κ2) is 5.73. The Kier molecular flexibility index (Phi) is 4.02. The zero-order valence-corrected chi connectivity index (χ0v) is 10.7. The third-order valence-electron chi connectivity index (χ3n) is 3.42. The summed E-state index contributed by atoms with van der Waals surface area (Å²) < 4.78 is 0. The number of carbonyl (C=O) groups excluding carboxylic acids is 1. The molecule has 0 aliphatic heterocycles. The van der Waals surface area contributed by atoms with Crippen molar-refractivity contribution in [3.8, 4) is 0 Å². The number of hydrogen-bond donors (Lipinski definition) is 3. The normalized spacial score (nSPS) is 15.4. The summed E-state index contributed by atoms with van der Waals surface area (Å²) in [6.45, 7) is 0. The highest BCUT2D eigenvalue weighted by Crippen LogP contribution is 2.26. The predicted molar refractivity (Wildman–Crippen MR) is 69.2 cm³/mol. The molecule has 3 N–H and O–H groups in total. The smallest absolute Gasteiger partial charge is 0.326 e. The van der Waals surface area contributed by atoms with E-state index in [4.69, 9.17) is 10.2 Å². The molecule has 1 aliphatic rings. The summed E-state index contributed by atoms with van der Waals surface area (Å²) in [5.41, 5.74) is 2.16. The van der Waals surface area contributed by atoms with Crippen LogP contribution in [0, 0.1) is 5.92 Å². The second-order valence-electron chi connectivity index (χ2n) is 4.87. The van der Waals surface area contributed by atoms with Crippen molar-refractivity contribution < 1.29 is 24.6 Å². The number of nitrogens with one attached hydrogen (secondary N) is 1. The Bertz CT molecular complexity index is 529. The van der Waals surface area contributed by atoms with Gasteiger partial charge < -0.3 is 15.5 Å². The molecule has 0 fully saturated rings. The number of carboxylic acid groups (broad SMARTS) is 2. The van der Waals surface area contributed by atoms with E-state index in [1.807, 2.05) is 24.3 Å². The Morgan fingerprint density at radius 1 is 1.15 bits per heavy atom. The van der Waals surface area contributed by atoms with E-state index in [1.54, 1.807) is 0 Å². The molecule has 1 aromatic carbocycles. The number of rotatable bonds is 5. The third-order valence-corrected chi connectivity index (χ3v) is 3.42. The van der Waals surface area contributed by atoms with Crippen LogP contribution in [0.3, 0.4) is 0 Å². The van der Waals surface area contributed by atoms with Gasteiger partial charge in [0, 0.05) is 5.92 Å². The first-order valence-corrected chi connectivity index (χ1v) is 6.29. The lowest BCUT2D eigenvalue weighted by atomic mass is 10.0. The van der Waals surface area contributed by atoms with Gasteiger partial charge in [-0.05, 0) is 24.0 Å². The zero-order valence-electron chi connectivity index (χ0n) is 10.7. The summed E-state index contributed by atoms with van der Waals surface area (Å²) >= 11 is 0. The van der Waals surface area contributed by atoms with Gasteiger partial charge >= 0.3 is 11.9 Å². The standard InChI is InChI=1S/C14H15NO5/c16-12(17)7-11(14(19)20)15-13(18)10-5-8-3-1-2-4-9(8)6-10/h1-4,10-11H,5-7H2,(H,15,18)(H,16,17)(H,19,20)/t11-/m1/s1. The number of amides is 1. The van der Waals surface area contributed by atoms with Crippen molar-refractivity contribution in [3.63, 3.8) is 0 Å². The van der Waals surface area contributed by atoms with E-state index in [0.29, 0.717) is 12.8 Å². The molecule has 0 saturated carbocycles. The Labute approximate surface area is 115 Å². The number of aliphatic carboxylic acids is 2. The quantitative estimate of drug-likeness (QED) is 0.724. The average molecular weight is 277 g/mol. The van der Waals surface area contributed by atoms with Crippen LogP contribution in [0.5, 0.6) is 0 Å². The molecule has 1 atom stereocenters. The van der Waals surface area contributed by atoms with E-state index in [1.165, 1.54) is 0 Å². The molecule has 20 heavy (non-hydrogen) atoms. The minimum atomic E-state index is -1.39. The first-order chi connectivity index (χ1) is 9.47. The van der Waals surface area contributed by atoms with Gasteiger partial charge in [-0.2, -0.15) is 0 Å². The minimum absolute atomic E-state index is 0.331. The first kappa shape index (κ1) is 14.0. The van der Waals surface area contributed by atoms with Crippen LogP contribution >= 0.6 is 0 Å². The summed E-state index contributed by atoms with van der Waals surface area (Å²) in [7, 11) is 0. The Balaban J connectivity index is 1.99. The Morgan fingerprint density at radius 3 is 2.15 bits per heavy atom. The van der Waals surface area contributed by atoms with E-state index >= 15 is 0 Å². The highest BCUT2D eigenvalue weighted by Gasteiger charge is 2.30. The van der Waals surface area contributed by atoms with Crippen molar-refractivity contribution in [1.82, 2.24) is 5.32 Å². The highest BCUT2D eigenvalue weighted by atomic mass is 16.4. The molecule has 1 aliphatic carbocycles. The average Bonchev–Trinajstić information content (AvgIpc) is 2.81. The molecule has 0 heterocycles. The van der Waals surface area contributed by atoms with Gasteiger partial charge in [0.2, 0.25) is 5.91 Å². The lowest BCUT2D eigenvalue weighted by Gasteiger charge is -2.15. The van der Waals surface area contributed by atoms with Crippen LogP contribution in [0.25, 0.3) is 0 Å². The van der Waals surface area contributed by atoms with E-state index in [2.05, 4.69) is 5.32 Å². The van der Waals surface area contributed by atoms with Crippen molar-refractivity contribution in [2.75, 3.05) is 0 Å². The van der Waals surface area contributed by atoms with Crippen LogP contribution in [-0.2, 0) is 27.2 Å². The van der Waals surface area contributed by atoms with Crippen LogP contribution in [0.1, 0.15) is 17.5 Å². The highest BCUT2D eigenvalue weighted by molar-refractivity contribution is 5.88. The number of carboxylic acids is 2. The first-order valence-electron chi connectivity index (χ1n) is 6.29. The molecule has 0 radical (unpaired) electrons. The lowest BCUT2D eigenvalue weighted by Crippen LogP contribution is -2.45. The van der Waals surface area contributed by atoms with Gasteiger partial charge in [-0.1, -0.05) is 24.3 Å². The summed E-state index contributed by atoms with van der Waals surface area (Å²) in [6.07, 6.45) is 0.490. The van der Waals surface area contributed by atoms with Crippen LogP contribution in [0.2, 0.25) is 0 Å². The van der Waals surface area contributed by atoms with E-state index in [9.17, 15) is 14.4 Å². The Morgan fingerprint density at radius 2 is 1.70 bits per heavy atom. The van der Waals surface area contributed by atoms with Crippen molar-refractivity contribution in [3.05, 3.63) is 35.4 Å². The molecule has 6 heteroatoms. The maximum Gasteiger partial charge on any atom is 0.326 e. The summed E-state index contributed by atoms with van der Waals surface area (Å²) in [4.78, 5) is 33.5. The van der Waals surface area contributed by atoms with Crippen LogP contribution in [-0.4, -0.2) is 34.1 Å². The fourth-order valence-electron chi connectivity index (χ4n) is 2.41. The fraction of sp³-hybridized carbons (Fsp3) is 0.357. The molecule has 0 spiro atoms. The van der Waals surface area contributed by atoms with Crippen molar-refractivity contribution in [1.29, 1.82) is 0 Å². The number of fused-ring (bicyclic) bond motifs is 1. The van der Waals surface area contributed by atoms with Gasteiger partial charge in [0.1, 0.15) is 6.04 Å². The van der Waals surface area contributed by atoms with Crippen LogP contribution < -0.4 is 5.32 Å². The maximum atomic E-state index is 12.0. The van der Waals surface area contributed by atoms with Gasteiger partial charge in [0.05, 0.1) is 6.42 Å². The molecule has 0 unspecified atom stereocenters. The van der Waals surface area contributed by atoms with E-state index in [-0.39, 0.29) is 5.92 Å². The largest absolute Gasteiger partial charge is 0.481 e. The zero-order chi connectivity index (χ0) is 14.7. The number of hydrogen-bond acceptors (Lipinski definition) is 3. The van der Waals surface area contributed by atoms with Gasteiger partial charge in [-0.25, -0.2) is 4.79 Å². The lowest BCUT2D eigenvalue weighted by molar-refractivity contribution is -0.147. The van der Waals surface area contributed by atoms with Gasteiger partial charge in [-0.3, -0.25) is 9.59 Å². The molecular formula is C14H15NO5. The molecule has 0 aromatic heterocycles. The van der Waals surface area contributed by atoms with Gasteiger partial charge in [0.15, 0.2) is 0 Å². The molecule has 1 amide bonds. The number of carbonyl (C=O) groups is 3. The van der Waals surface area contributed by atoms with E-state index in [0.717, 1.165) is 11.1 Å². The molecule has 0 saturated heterocycles. The molecule has 6 nitrogen and oxygen atoms in total. The summed E-state index contributed by atoms with van der Waals surface area (Å²) in [5, 5.41) is 19.9. The Hall–Kier alpha value is -2.37. The molecular weight excluding hydrogens is 262 g/mol. The van der Waals surface area contributed by atoms with Crippen LogP contribution in [0.4, 0.5) is 0 Å². The molecule has 2 rings (SSSR count). The predicted octanol–water partition coefficient (Wildman–Crippen LogP) is 0.445. The number of benzene rings is 1.